The van der Waals surface area contributed by atoms with E-state index in [1.54, 1.807) is 12.1 Å². The molecule has 0 fully saturated rings. The van der Waals surface area contributed by atoms with Gasteiger partial charge in [-0.15, -0.1) is 0 Å². The second-order valence-electron chi connectivity index (χ2n) is 5.50. The van der Waals surface area contributed by atoms with Gasteiger partial charge in [0.2, 0.25) is 0 Å². The minimum atomic E-state index is -0.446. The second-order valence-corrected chi connectivity index (χ2v) is 5.50. The number of methoxy groups -OCH3 is 1. The van der Waals surface area contributed by atoms with E-state index in [1.807, 2.05) is 0 Å². The minimum absolute atomic E-state index is 0.00679. The number of aliphatic hydroxyl groups excluding tert-OH is 1. The first-order valence-electron chi connectivity index (χ1n) is 6.52. The Morgan fingerprint density at radius 1 is 1.45 bits per heavy atom. The molecule has 0 bridgehead atoms. The van der Waals surface area contributed by atoms with Crippen LogP contribution in [0.25, 0.3) is 0 Å². The lowest BCUT2D eigenvalue weighted by Gasteiger charge is -2.24. The van der Waals surface area contributed by atoms with Gasteiger partial charge in [-0.1, -0.05) is 19.9 Å². The topological polar surface area (TPSA) is 84.6 Å². The average Bonchev–Trinajstić information content (AvgIpc) is 2.38. The van der Waals surface area contributed by atoms with Gasteiger partial charge in [-0.05, 0) is 23.5 Å². The van der Waals surface area contributed by atoms with E-state index in [-0.39, 0.29) is 23.5 Å². The fourth-order valence-electron chi connectivity index (χ4n) is 1.92. The van der Waals surface area contributed by atoms with Crippen molar-refractivity contribution in [2.75, 3.05) is 20.3 Å². The van der Waals surface area contributed by atoms with E-state index in [0.717, 1.165) is 12.1 Å². The molecule has 0 unspecified atom stereocenters. The number of hydrogen-bond acceptors (Lipinski definition) is 5. The number of aliphatic hydroxyl groups is 1. The van der Waals surface area contributed by atoms with Crippen molar-refractivity contribution in [3.05, 3.63) is 33.9 Å². The van der Waals surface area contributed by atoms with Crippen LogP contribution in [0, 0.1) is 15.5 Å². The molecule has 0 atom stereocenters. The standard InChI is InChI=1S/C14H22N2O4/c1-14(2,6-7-17)10-15-9-11-4-5-13(20-3)12(8-11)16(18)19/h4-5,8,15,17H,6-7,9-10H2,1-3H3. The molecule has 0 heterocycles. The van der Waals surface area contributed by atoms with Crippen LogP contribution in [0.5, 0.6) is 5.75 Å². The summed E-state index contributed by atoms with van der Waals surface area (Å²) < 4.78 is 4.96. The van der Waals surface area contributed by atoms with Crippen LogP contribution in [0.4, 0.5) is 5.69 Å². The van der Waals surface area contributed by atoms with Crippen LogP contribution in [0.1, 0.15) is 25.8 Å². The van der Waals surface area contributed by atoms with Crippen LogP contribution in [-0.2, 0) is 6.54 Å². The lowest BCUT2D eigenvalue weighted by molar-refractivity contribution is -0.385. The largest absolute Gasteiger partial charge is 0.490 e. The monoisotopic (exact) mass is 282 g/mol. The molecule has 0 amide bonds. The average molecular weight is 282 g/mol. The highest BCUT2D eigenvalue weighted by Gasteiger charge is 2.18. The molecule has 0 aliphatic rings. The third-order valence-electron chi connectivity index (χ3n) is 3.16. The predicted molar refractivity (Wildman–Crippen MR) is 76.8 cm³/mol. The Labute approximate surface area is 118 Å². The molecule has 112 valence electrons. The second kappa shape index (κ2) is 7.21. The van der Waals surface area contributed by atoms with E-state index >= 15 is 0 Å². The molecule has 0 radical (unpaired) electrons. The maximum Gasteiger partial charge on any atom is 0.311 e. The summed E-state index contributed by atoms with van der Waals surface area (Å²) in [4.78, 5) is 10.5. The maximum absolute atomic E-state index is 10.9. The number of rotatable bonds is 8. The summed E-state index contributed by atoms with van der Waals surface area (Å²) in [5.41, 5.74) is 0.798. The first-order chi connectivity index (χ1) is 9.39. The number of hydrogen-bond donors (Lipinski definition) is 2. The van der Waals surface area contributed by atoms with Gasteiger partial charge in [-0.2, -0.15) is 0 Å². The fourth-order valence-corrected chi connectivity index (χ4v) is 1.92. The predicted octanol–water partition coefficient (Wildman–Crippen LogP) is 2.10. The first-order valence-corrected chi connectivity index (χ1v) is 6.52. The van der Waals surface area contributed by atoms with Crippen molar-refractivity contribution in [1.82, 2.24) is 5.32 Å². The molecule has 0 spiro atoms. The molecule has 0 saturated carbocycles. The van der Waals surface area contributed by atoms with Gasteiger partial charge in [0.05, 0.1) is 12.0 Å². The zero-order valence-corrected chi connectivity index (χ0v) is 12.2. The normalized spacial score (nSPS) is 11.4. The van der Waals surface area contributed by atoms with Crippen molar-refractivity contribution in [1.29, 1.82) is 0 Å². The van der Waals surface area contributed by atoms with Crippen LogP contribution >= 0.6 is 0 Å². The van der Waals surface area contributed by atoms with Gasteiger partial charge in [0, 0.05) is 25.8 Å². The van der Waals surface area contributed by atoms with Crippen molar-refractivity contribution in [2.45, 2.75) is 26.8 Å². The third-order valence-corrected chi connectivity index (χ3v) is 3.16. The van der Waals surface area contributed by atoms with Crippen molar-refractivity contribution in [3.63, 3.8) is 0 Å². The van der Waals surface area contributed by atoms with Crippen molar-refractivity contribution in [3.8, 4) is 5.75 Å². The molecule has 1 rings (SSSR count). The Bertz CT molecular complexity index is 460. The Hall–Kier alpha value is -1.66. The van der Waals surface area contributed by atoms with Gasteiger partial charge in [-0.25, -0.2) is 0 Å². The molecule has 1 aromatic rings. The number of nitro benzene ring substituents is 1. The van der Waals surface area contributed by atoms with Crippen LogP contribution in [0.15, 0.2) is 18.2 Å². The molecule has 0 aliphatic carbocycles. The molecule has 20 heavy (non-hydrogen) atoms. The number of benzene rings is 1. The summed E-state index contributed by atoms with van der Waals surface area (Å²) in [6.07, 6.45) is 0.711. The van der Waals surface area contributed by atoms with E-state index in [4.69, 9.17) is 9.84 Å². The van der Waals surface area contributed by atoms with E-state index in [2.05, 4.69) is 19.2 Å². The first kappa shape index (κ1) is 16.4. The highest BCUT2D eigenvalue weighted by Crippen LogP contribution is 2.27. The third kappa shape index (κ3) is 4.79. The van der Waals surface area contributed by atoms with Crippen molar-refractivity contribution < 1.29 is 14.8 Å². The molecule has 1 aromatic carbocycles. The van der Waals surface area contributed by atoms with E-state index in [1.165, 1.54) is 13.2 Å². The summed E-state index contributed by atoms with van der Waals surface area (Å²) in [6, 6.07) is 4.93. The smallest absolute Gasteiger partial charge is 0.311 e. The molecule has 0 saturated heterocycles. The van der Waals surface area contributed by atoms with Crippen LogP contribution in [0.2, 0.25) is 0 Å². The quantitative estimate of drug-likeness (QED) is 0.563. The SMILES string of the molecule is COc1ccc(CNCC(C)(C)CCO)cc1[N+](=O)[O-]. The van der Waals surface area contributed by atoms with Gasteiger partial charge in [0.15, 0.2) is 5.75 Å². The Balaban J connectivity index is 2.65. The number of nitrogens with zero attached hydrogens (tertiary/aromatic N) is 1. The highest BCUT2D eigenvalue weighted by molar-refractivity contribution is 5.48. The maximum atomic E-state index is 10.9. The molecule has 6 nitrogen and oxygen atoms in total. The number of nitrogens with one attached hydrogen (secondary N) is 1. The van der Waals surface area contributed by atoms with Gasteiger partial charge in [0.1, 0.15) is 0 Å². The van der Waals surface area contributed by atoms with Gasteiger partial charge in [-0.3, -0.25) is 10.1 Å². The zero-order chi connectivity index (χ0) is 15.2. The Morgan fingerprint density at radius 3 is 2.70 bits per heavy atom. The summed E-state index contributed by atoms with van der Waals surface area (Å²) in [5.74, 6) is 0.263. The van der Waals surface area contributed by atoms with Gasteiger partial charge in [0.25, 0.3) is 0 Å². The molecule has 6 heteroatoms. The van der Waals surface area contributed by atoms with E-state index in [9.17, 15) is 10.1 Å². The van der Waals surface area contributed by atoms with Crippen LogP contribution in [-0.4, -0.2) is 30.3 Å². The van der Waals surface area contributed by atoms with Crippen LogP contribution in [0.3, 0.4) is 0 Å². The summed E-state index contributed by atoms with van der Waals surface area (Å²) in [7, 11) is 1.41. The van der Waals surface area contributed by atoms with Gasteiger partial charge >= 0.3 is 5.69 Å². The summed E-state index contributed by atoms with van der Waals surface area (Å²) in [6.45, 7) is 5.55. The molecule has 0 aliphatic heterocycles. The number of nitro groups is 1. The lowest BCUT2D eigenvalue weighted by atomic mass is 9.90. The highest BCUT2D eigenvalue weighted by atomic mass is 16.6. The van der Waals surface area contributed by atoms with Crippen molar-refractivity contribution >= 4 is 5.69 Å². The Morgan fingerprint density at radius 2 is 2.15 bits per heavy atom. The molecular formula is C14H22N2O4. The van der Waals surface area contributed by atoms with Crippen molar-refractivity contribution in [2.24, 2.45) is 5.41 Å². The van der Waals surface area contributed by atoms with Gasteiger partial charge < -0.3 is 15.2 Å². The fraction of sp³-hybridized carbons (Fsp3) is 0.571. The zero-order valence-electron chi connectivity index (χ0n) is 12.2. The summed E-state index contributed by atoms with van der Waals surface area (Å²) in [5, 5.41) is 23.1. The minimum Gasteiger partial charge on any atom is -0.490 e. The molecular weight excluding hydrogens is 260 g/mol. The van der Waals surface area contributed by atoms with E-state index in [0.29, 0.717) is 13.0 Å². The summed E-state index contributed by atoms with van der Waals surface area (Å²) >= 11 is 0. The number of ether oxygens (including phenoxy) is 1. The lowest BCUT2D eigenvalue weighted by Crippen LogP contribution is -2.29. The molecule has 0 aromatic heterocycles. The van der Waals surface area contributed by atoms with Crippen LogP contribution < -0.4 is 10.1 Å². The Kier molecular flexibility index (Phi) is 5.91. The molecule has 2 N–H and O–H groups in total. The van der Waals surface area contributed by atoms with E-state index < -0.39 is 4.92 Å².